The first-order chi connectivity index (χ1) is 15.5. The molecule has 2 amide bonds. The Bertz CT molecular complexity index is 1160. The fraction of sp³-hybridized carbons (Fsp3) is 0.227. The first-order valence-electron chi connectivity index (χ1n) is 9.92. The predicted molar refractivity (Wildman–Crippen MR) is 114 cm³/mol. The zero-order valence-electron chi connectivity index (χ0n) is 17.5. The molecule has 0 saturated heterocycles. The Balaban J connectivity index is 1.47. The summed E-state index contributed by atoms with van der Waals surface area (Å²) in [5.41, 5.74) is 1.59. The Morgan fingerprint density at radius 3 is 2.56 bits per heavy atom. The summed E-state index contributed by atoms with van der Waals surface area (Å²) in [6.45, 7) is 1.11. The molecular weight excluding hydrogens is 414 g/mol. The van der Waals surface area contributed by atoms with E-state index in [1.807, 2.05) is 18.2 Å². The van der Waals surface area contributed by atoms with E-state index < -0.39 is 24.6 Å². The van der Waals surface area contributed by atoms with E-state index >= 15 is 0 Å². The number of aromatic nitrogens is 3. The van der Waals surface area contributed by atoms with Crippen LogP contribution in [0.4, 0.5) is 5.69 Å². The molecule has 32 heavy (non-hydrogen) atoms. The van der Waals surface area contributed by atoms with Crippen LogP contribution in [0, 0.1) is 6.92 Å². The van der Waals surface area contributed by atoms with E-state index in [9.17, 15) is 14.4 Å². The number of anilines is 1. The molecule has 1 aliphatic rings. The molecule has 0 saturated carbocycles. The second kappa shape index (κ2) is 8.88. The van der Waals surface area contributed by atoms with Crippen LogP contribution < -0.4 is 15.0 Å². The molecule has 0 aliphatic carbocycles. The van der Waals surface area contributed by atoms with Crippen molar-refractivity contribution >= 4 is 23.5 Å². The van der Waals surface area contributed by atoms with Crippen molar-refractivity contribution in [3.8, 4) is 11.4 Å². The van der Waals surface area contributed by atoms with Crippen molar-refractivity contribution in [3.63, 3.8) is 0 Å². The Hall–Kier alpha value is -4.21. The van der Waals surface area contributed by atoms with Gasteiger partial charge in [0, 0.05) is 7.05 Å². The standard InChI is InChI=1S/C22H21N5O5/c1-14-20(25-27(24-14)15-8-4-3-5-9-15)22(30)31-13-19(28)26-12-18(21(29)23-2)32-17-11-7-6-10-16(17)26/h3-11,18H,12-13H2,1-2H3,(H,23,29)/t18-/m0/s1. The Morgan fingerprint density at radius 1 is 1.09 bits per heavy atom. The number of para-hydroxylation sites is 3. The molecule has 164 valence electrons. The highest BCUT2D eigenvalue weighted by Crippen LogP contribution is 2.33. The van der Waals surface area contributed by atoms with Gasteiger partial charge in [-0.2, -0.15) is 9.90 Å². The number of benzene rings is 2. The highest BCUT2D eigenvalue weighted by molar-refractivity contribution is 5.99. The molecule has 2 heterocycles. The van der Waals surface area contributed by atoms with E-state index in [0.717, 1.165) is 0 Å². The number of nitrogens with one attached hydrogen (secondary N) is 1. The molecular formula is C22H21N5O5. The summed E-state index contributed by atoms with van der Waals surface area (Å²) in [4.78, 5) is 40.2. The third kappa shape index (κ3) is 4.15. The van der Waals surface area contributed by atoms with Crippen molar-refractivity contribution in [3.05, 3.63) is 66.0 Å². The van der Waals surface area contributed by atoms with Gasteiger partial charge in [0.05, 0.1) is 23.6 Å². The first kappa shape index (κ1) is 21.0. The van der Waals surface area contributed by atoms with E-state index in [0.29, 0.717) is 22.8 Å². The lowest BCUT2D eigenvalue weighted by Gasteiger charge is -2.33. The second-order valence-corrected chi connectivity index (χ2v) is 7.03. The van der Waals surface area contributed by atoms with Crippen LogP contribution in [-0.4, -0.2) is 59.1 Å². The van der Waals surface area contributed by atoms with E-state index in [1.165, 1.54) is 16.7 Å². The molecule has 0 fully saturated rings. The highest BCUT2D eigenvalue weighted by Gasteiger charge is 2.33. The number of hydrogen-bond donors (Lipinski definition) is 1. The number of aryl methyl sites for hydroxylation is 1. The van der Waals surface area contributed by atoms with Gasteiger partial charge in [-0.3, -0.25) is 9.59 Å². The van der Waals surface area contributed by atoms with Gasteiger partial charge in [0.2, 0.25) is 0 Å². The van der Waals surface area contributed by atoms with Crippen LogP contribution in [0.25, 0.3) is 5.69 Å². The molecule has 10 heteroatoms. The maximum Gasteiger partial charge on any atom is 0.361 e. The summed E-state index contributed by atoms with van der Waals surface area (Å²) in [5, 5.41) is 10.9. The van der Waals surface area contributed by atoms with Crippen LogP contribution in [0.2, 0.25) is 0 Å². The summed E-state index contributed by atoms with van der Waals surface area (Å²) >= 11 is 0. The highest BCUT2D eigenvalue weighted by atomic mass is 16.5. The SMILES string of the molecule is CNC(=O)[C@@H]1CN(C(=O)COC(=O)c2nn(-c3ccccc3)nc2C)c2ccccc2O1. The molecule has 4 rings (SSSR count). The summed E-state index contributed by atoms with van der Waals surface area (Å²) in [5.74, 6) is -1.21. The van der Waals surface area contributed by atoms with Gasteiger partial charge in [-0.25, -0.2) is 4.79 Å². The molecule has 10 nitrogen and oxygen atoms in total. The van der Waals surface area contributed by atoms with Gasteiger partial charge in [-0.05, 0) is 31.2 Å². The quantitative estimate of drug-likeness (QED) is 0.600. The second-order valence-electron chi connectivity index (χ2n) is 7.03. The molecule has 0 bridgehead atoms. The van der Waals surface area contributed by atoms with Crippen LogP contribution in [0.5, 0.6) is 5.75 Å². The van der Waals surface area contributed by atoms with Gasteiger partial charge in [-0.15, -0.1) is 5.10 Å². The van der Waals surface area contributed by atoms with Crippen LogP contribution in [0.15, 0.2) is 54.6 Å². The first-order valence-corrected chi connectivity index (χ1v) is 9.92. The fourth-order valence-electron chi connectivity index (χ4n) is 3.29. The third-order valence-corrected chi connectivity index (χ3v) is 4.90. The van der Waals surface area contributed by atoms with Crippen LogP contribution >= 0.6 is 0 Å². The molecule has 1 aliphatic heterocycles. The average molecular weight is 435 g/mol. The number of carbonyl (C=O) groups is 3. The Morgan fingerprint density at radius 2 is 1.81 bits per heavy atom. The zero-order valence-corrected chi connectivity index (χ0v) is 17.5. The summed E-state index contributed by atoms with van der Waals surface area (Å²) in [6.07, 6.45) is -0.873. The molecule has 2 aromatic carbocycles. The molecule has 0 spiro atoms. The van der Waals surface area contributed by atoms with E-state index in [2.05, 4.69) is 15.5 Å². The van der Waals surface area contributed by atoms with Crippen LogP contribution in [0.1, 0.15) is 16.2 Å². The van der Waals surface area contributed by atoms with Crippen LogP contribution in [0.3, 0.4) is 0 Å². The minimum Gasteiger partial charge on any atom is -0.477 e. The topological polar surface area (TPSA) is 116 Å². The normalized spacial score (nSPS) is 14.8. The van der Waals surface area contributed by atoms with E-state index in [4.69, 9.17) is 9.47 Å². The predicted octanol–water partition coefficient (Wildman–Crippen LogP) is 1.27. The lowest BCUT2D eigenvalue weighted by Crippen LogP contribution is -2.51. The average Bonchev–Trinajstić information content (AvgIpc) is 3.23. The van der Waals surface area contributed by atoms with Crippen molar-refractivity contribution in [2.75, 3.05) is 25.1 Å². The Labute approximate surface area is 183 Å². The monoisotopic (exact) mass is 435 g/mol. The number of carbonyl (C=O) groups excluding carboxylic acids is 3. The number of rotatable bonds is 5. The molecule has 1 atom stereocenters. The van der Waals surface area contributed by atoms with Gasteiger partial charge in [0.1, 0.15) is 5.75 Å². The lowest BCUT2D eigenvalue weighted by atomic mass is 10.1. The van der Waals surface area contributed by atoms with Crippen molar-refractivity contribution in [1.29, 1.82) is 0 Å². The number of amides is 2. The summed E-state index contributed by atoms with van der Waals surface area (Å²) in [6, 6.07) is 16.0. The summed E-state index contributed by atoms with van der Waals surface area (Å²) < 4.78 is 10.9. The smallest absolute Gasteiger partial charge is 0.361 e. The van der Waals surface area contributed by atoms with Gasteiger partial charge < -0.3 is 19.7 Å². The van der Waals surface area contributed by atoms with Crippen LogP contribution in [-0.2, 0) is 14.3 Å². The van der Waals surface area contributed by atoms with E-state index in [1.54, 1.807) is 43.3 Å². The minimum absolute atomic E-state index is 0.00368. The third-order valence-electron chi connectivity index (χ3n) is 4.90. The molecule has 1 aromatic heterocycles. The number of fused-ring (bicyclic) bond motifs is 1. The number of ether oxygens (including phenoxy) is 2. The van der Waals surface area contributed by atoms with Crippen molar-refractivity contribution in [1.82, 2.24) is 20.3 Å². The molecule has 1 N–H and O–H groups in total. The van der Waals surface area contributed by atoms with Gasteiger partial charge >= 0.3 is 5.97 Å². The molecule has 3 aromatic rings. The molecule has 0 radical (unpaired) electrons. The Kier molecular flexibility index (Phi) is 5.84. The number of nitrogens with zero attached hydrogens (tertiary/aromatic N) is 4. The van der Waals surface area contributed by atoms with Gasteiger partial charge in [0.25, 0.3) is 11.8 Å². The minimum atomic E-state index is -0.873. The number of esters is 1. The fourth-order valence-corrected chi connectivity index (χ4v) is 3.29. The maximum atomic E-state index is 12.9. The maximum absolute atomic E-state index is 12.9. The largest absolute Gasteiger partial charge is 0.477 e. The van der Waals surface area contributed by atoms with Crippen molar-refractivity contribution in [2.45, 2.75) is 13.0 Å². The molecule has 0 unspecified atom stereocenters. The lowest BCUT2D eigenvalue weighted by molar-refractivity contribution is -0.128. The summed E-state index contributed by atoms with van der Waals surface area (Å²) in [7, 11) is 1.49. The van der Waals surface area contributed by atoms with E-state index in [-0.39, 0.29) is 18.1 Å². The number of likely N-dealkylation sites (N-methyl/N-ethyl adjacent to an activating group) is 1. The number of hydrogen-bond acceptors (Lipinski definition) is 7. The van der Waals surface area contributed by atoms with Gasteiger partial charge in [0.15, 0.2) is 18.4 Å². The van der Waals surface area contributed by atoms with Crippen molar-refractivity contribution < 1.29 is 23.9 Å². The van der Waals surface area contributed by atoms with Crippen molar-refractivity contribution in [2.24, 2.45) is 0 Å². The zero-order chi connectivity index (χ0) is 22.7. The van der Waals surface area contributed by atoms with Gasteiger partial charge in [-0.1, -0.05) is 30.3 Å².